The minimum atomic E-state index is -0.678. The van der Waals surface area contributed by atoms with Crippen LogP contribution in [0.2, 0.25) is 0 Å². The Hall–Kier alpha value is -1.91. The number of nitrogens with one attached hydrogen (secondary N) is 1. The molecule has 2 aromatic rings. The van der Waals surface area contributed by atoms with Gasteiger partial charge in [-0.1, -0.05) is 30.3 Å². The predicted molar refractivity (Wildman–Crippen MR) is 85.4 cm³/mol. The summed E-state index contributed by atoms with van der Waals surface area (Å²) in [5.74, 6) is 0.546. The minimum absolute atomic E-state index is 0.0397. The number of hydrogen-bond acceptors (Lipinski definition) is 3. The summed E-state index contributed by atoms with van der Waals surface area (Å²) >= 11 is 0. The normalized spacial score (nSPS) is 13.6. The van der Waals surface area contributed by atoms with Crippen LogP contribution in [0.5, 0.6) is 5.75 Å². The molecule has 0 heterocycles. The second-order valence-electron chi connectivity index (χ2n) is 5.17. The Morgan fingerprint density at radius 2 is 1.82 bits per heavy atom. The molecule has 0 bridgehead atoms. The van der Waals surface area contributed by atoms with Crippen molar-refractivity contribution < 1.29 is 14.2 Å². The van der Waals surface area contributed by atoms with E-state index in [4.69, 9.17) is 4.74 Å². The highest BCUT2D eigenvalue weighted by Gasteiger charge is 2.13. The average molecular weight is 303 g/mol. The third kappa shape index (κ3) is 4.29. The standard InChI is InChI=1S/C18H22FNO2/c1-3-22-18-7-5-4-6-16(18)13(2)20-12-17(21)14-8-10-15(19)11-9-14/h4-11,13,17,20-21H,3,12H2,1-2H3. The maximum Gasteiger partial charge on any atom is 0.124 e. The van der Waals surface area contributed by atoms with Gasteiger partial charge in [0.15, 0.2) is 0 Å². The van der Waals surface area contributed by atoms with E-state index in [1.807, 2.05) is 38.1 Å². The Bertz CT molecular complexity index is 586. The first-order chi connectivity index (χ1) is 10.6. The van der Waals surface area contributed by atoms with Gasteiger partial charge in [0.05, 0.1) is 12.7 Å². The van der Waals surface area contributed by atoms with Crippen molar-refractivity contribution in [1.29, 1.82) is 0 Å². The maximum absolute atomic E-state index is 12.9. The van der Waals surface area contributed by atoms with E-state index < -0.39 is 6.10 Å². The van der Waals surface area contributed by atoms with Crippen LogP contribution in [-0.2, 0) is 0 Å². The Morgan fingerprint density at radius 1 is 1.14 bits per heavy atom. The van der Waals surface area contributed by atoms with Crippen molar-refractivity contribution in [3.63, 3.8) is 0 Å². The molecule has 0 aliphatic heterocycles. The molecule has 0 aromatic heterocycles. The number of rotatable bonds is 7. The van der Waals surface area contributed by atoms with E-state index in [1.165, 1.54) is 12.1 Å². The largest absolute Gasteiger partial charge is 0.494 e. The fourth-order valence-corrected chi connectivity index (χ4v) is 2.33. The van der Waals surface area contributed by atoms with Crippen LogP contribution in [0.3, 0.4) is 0 Å². The molecule has 22 heavy (non-hydrogen) atoms. The van der Waals surface area contributed by atoms with Gasteiger partial charge in [-0.25, -0.2) is 4.39 Å². The Morgan fingerprint density at radius 3 is 2.50 bits per heavy atom. The lowest BCUT2D eigenvalue weighted by molar-refractivity contribution is 0.170. The number of ether oxygens (including phenoxy) is 1. The van der Waals surface area contributed by atoms with Crippen LogP contribution in [0.1, 0.15) is 37.1 Å². The Kier molecular flexibility index (Phi) is 5.92. The van der Waals surface area contributed by atoms with Crippen LogP contribution in [-0.4, -0.2) is 18.3 Å². The zero-order valence-corrected chi connectivity index (χ0v) is 12.9. The van der Waals surface area contributed by atoms with E-state index in [0.717, 1.165) is 11.3 Å². The lowest BCUT2D eigenvalue weighted by atomic mass is 10.1. The first kappa shape index (κ1) is 16.5. The number of hydrogen-bond donors (Lipinski definition) is 2. The first-order valence-electron chi connectivity index (χ1n) is 7.50. The van der Waals surface area contributed by atoms with Gasteiger partial charge in [-0.15, -0.1) is 0 Å². The Labute approximate surface area is 130 Å². The monoisotopic (exact) mass is 303 g/mol. The third-order valence-electron chi connectivity index (χ3n) is 3.56. The fourth-order valence-electron chi connectivity index (χ4n) is 2.33. The van der Waals surface area contributed by atoms with Gasteiger partial charge in [0.2, 0.25) is 0 Å². The van der Waals surface area contributed by atoms with Crippen molar-refractivity contribution >= 4 is 0 Å². The van der Waals surface area contributed by atoms with Gasteiger partial charge in [0.1, 0.15) is 11.6 Å². The van der Waals surface area contributed by atoms with Crippen molar-refractivity contribution in [3.8, 4) is 5.75 Å². The molecule has 0 spiro atoms. The van der Waals surface area contributed by atoms with Crippen molar-refractivity contribution in [2.45, 2.75) is 26.0 Å². The van der Waals surface area contributed by atoms with Gasteiger partial charge in [-0.2, -0.15) is 0 Å². The van der Waals surface area contributed by atoms with Crippen LogP contribution < -0.4 is 10.1 Å². The molecule has 2 unspecified atom stereocenters. The van der Waals surface area contributed by atoms with Crippen molar-refractivity contribution in [1.82, 2.24) is 5.32 Å². The molecular weight excluding hydrogens is 281 g/mol. The SMILES string of the molecule is CCOc1ccccc1C(C)NCC(O)c1ccc(F)cc1. The second kappa shape index (κ2) is 7.92. The van der Waals surface area contributed by atoms with E-state index in [1.54, 1.807) is 12.1 Å². The summed E-state index contributed by atoms with van der Waals surface area (Å²) < 4.78 is 18.5. The van der Waals surface area contributed by atoms with Gasteiger partial charge >= 0.3 is 0 Å². The molecule has 0 fully saturated rings. The summed E-state index contributed by atoms with van der Waals surface area (Å²) in [5, 5.41) is 13.5. The fraction of sp³-hybridized carbons (Fsp3) is 0.333. The van der Waals surface area contributed by atoms with E-state index >= 15 is 0 Å². The third-order valence-corrected chi connectivity index (χ3v) is 3.56. The van der Waals surface area contributed by atoms with Gasteiger partial charge in [0.25, 0.3) is 0 Å². The van der Waals surface area contributed by atoms with Crippen LogP contribution in [0, 0.1) is 5.82 Å². The van der Waals surface area contributed by atoms with Crippen LogP contribution in [0.4, 0.5) is 4.39 Å². The predicted octanol–water partition coefficient (Wildman–Crippen LogP) is 3.61. The molecule has 2 aromatic carbocycles. The molecule has 2 rings (SSSR count). The van der Waals surface area contributed by atoms with Crippen LogP contribution in [0.25, 0.3) is 0 Å². The van der Waals surface area contributed by atoms with Gasteiger partial charge in [-0.3, -0.25) is 0 Å². The summed E-state index contributed by atoms with van der Waals surface area (Å²) in [6, 6.07) is 13.8. The highest BCUT2D eigenvalue weighted by molar-refractivity contribution is 5.35. The summed E-state index contributed by atoms with van der Waals surface area (Å²) in [7, 11) is 0. The number of aliphatic hydroxyl groups is 1. The van der Waals surface area contributed by atoms with Crippen LogP contribution in [0.15, 0.2) is 48.5 Å². The molecule has 0 aliphatic carbocycles. The lowest BCUT2D eigenvalue weighted by Crippen LogP contribution is -2.25. The molecule has 0 saturated heterocycles. The van der Waals surface area contributed by atoms with E-state index in [2.05, 4.69) is 5.32 Å². The molecule has 3 nitrogen and oxygen atoms in total. The lowest BCUT2D eigenvalue weighted by Gasteiger charge is -2.20. The second-order valence-corrected chi connectivity index (χ2v) is 5.17. The van der Waals surface area contributed by atoms with Crippen molar-refractivity contribution in [2.75, 3.05) is 13.2 Å². The molecule has 2 N–H and O–H groups in total. The molecule has 0 saturated carbocycles. The first-order valence-corrected chi connectivity index (χ1v) is 7.50. The molecule has 118 valence electrons. The zero-order chi connectivity index (χ0) is 15.9. The van der Waals surface area contributed by atoms with Crippen molar-refractivity contribution in [2.24, 2.45) is 0 Å². The summed E-state index contributed by atoms with van der Waals surface area (Å²) in [6.07, 6.45) is -0.678. The number of aliphatic hydroxyl groups excluding tert-OH is 1. The summed E-state index contributed by atoms with van der Waals surface area (Å²) in [5.41, 5.74) is 1.75. The number of halogens is 1. The summed E-state index contributed by atoms with van der Waals surface area (Å²) in [4.78, 5) is 0. The zero-order valence-electron chi connectivity index (χ0n) is 12.9. The van der Waals surface area contributed by atoms with E-state index in [9.17, 15) is 9.50 Å². The molecule has 4 heteroatoms. The van der Waals surface area contributed by atoms with Gasteiger partial charge in [0, 0.05) is 18.2 Å². The Balaban J connectivity index is 1.97. The summed E-state index contributed by atoms with van der Waals surface area (Å²) in [6.45, 7) is 4.97. The van der Waals surface area contributed by atoms with Crippen molar-refractivity contribution in [3.05, 3.63) is 65.5 Å². The maximum atomic E-state index is 12.9. The molecule has 0 amide bonds. The molecule has 0 aliphatic rings. The van der Waals surface area contributed by atoms with E-state index in [0.29, 0.717) is 18.7 Å². The average Bonchev–Trinajstić information content (AvgIpc) is 2.54. The highest BCUT2D eigenvalue weighted by atomic mass is 19.1. The van der Waals surface area contributed by atoms with Gasteiger partial charge < -0.3 is 15.2 Å². The smallest absolute Gasteiger partial charge is 0.124 e. The quantitative estimate of drug-likeness (QED) is 0.821. The van der Waals surface area contributed by atoms with E-state index in [-0.39, 0.29) is 11.9 Å². The van der Waals surface area contributed by atoms with Gasteiger partial charge in [-0.05, 0) is 37.6 Å². The number of benzene rings is 2. The molecule has 0 radical (unpaired) electrons. The topological polar surface area (TPSA) is 41.5 Å². The van der Waals surface area contributed by atoms with Crippen LogP contribution >= 0.6 is 0 Å². The molecule has 2 atom stereocenters. The highest BCUT2D eigenvalue weighted by Crippen LogP contribution is 2.25. The minimum Gasteiger partial charge on any atom is -0.494 e. The molecular formula is C18H22FNO2. The number of para-hydroxylation sites is 1.